The summed E-state index contributed by atoms with van der Waals surface area (Å²) in [6.07, 6.45) is 0. The number of halogens is 1. The molecule has 3 aromatic rings. The lowest BCUT2D eigenvalue weighted by Gasteiger charge is -2.25. The third-order valence-electron chi connectivity index (χ3n) is 4.60. The minimum absolute atomic E-state index is 0.771. The number of nitrogens with zero attached hydrogens (tertiary/aromatic N) is 2. The first kappa shape index (κ1) is 19.2. The number of hydrogen-bond donors (Lipinski definition) is 0. The summed E-state index contributed by atoms with van der Waals surface area (Å²) < 4.78 is 0. The smallest absolute Gasteiger partial charge is 0.102 e. The molecular weight excluding hydrogens is 352 g/mol. The van der Waals surface area contributed by atoms with Crippen LogP contribution in [0.1, 0.15) is 29.2 Å². The standard InChI is InChI=1S/C24H25ClN2/c1-18-9-11-22(12-10-18)17-27(16-21-7-5-4-6-8-21)20(3)26-23-13-14-24(25)19(2)15-23/h4-15H,16-17H2,1-3H3. The molecule has 3 heteroatoms. The lowest BCUT2D eigenvalue weighted by Crippen LogP contribution is -2.27. The molecule has 3 aromatic carbocycles. The fourth-order valence-electron chi connectivity index (χ4n) is 2.96. The first-order chi connectivity index (χ1) is 13.0. The van der Waals surface area contributed by atoms with Crippen LogP contribution < -0.4 is 0 Å². The van der Waals surface area contributed by atoms with Crippen molar-refractivity contribution in [2.24, 2.45) is 4.99 Å². The highest BCUT2D eigenvalue weighted by molar-refractivity contribution is 6.31. The molecule has 0 saturated carbocycles. The first-order valence-electron chi connectivity index (χ1n) is 9.17. The van der Waals surface area contributed by atoms with Crippen molar-refractivity contribution in [3.05, 3.63) is 100 Å². The molecule has 0 unspecified atom stereocenters. The van der Waals surface area contributed by atoms with E-state index in [0.29, 0.717) is 0 Å². The second-order valence-corrected chi connectivity index (χ2v) is 7.33. The van der Waals surface area contributed by atoms with Crippen LogP contribution in [0.4, 0.5) is 5.69 Å². The van der Waals surface area contributed by atoms with E-state index in [0.717, 1.165) is 35.2 Å². The minimum Gasteiger partial charge on any atom is -0.352 e. The first-order valence-corrected chi connectivity index (χ1v) is 9.55. The monoisotopic (exact) mass is 376 g/mol. The third-order valence-corrected chi connectivity index (χ3v) is 5.02. The number of benzene rings is 3. The fraction of sp³-hybridized carbons (Fsp3) is 0.208. The molecule has 0 spiro atoms. The number of aryl methyl sites for hydroxylation is 2. The quantitative estimate of drug-likeness (QED) is 0.357. The molecule has 0 saturated heterocycles. The SMILES string of the molecule is CC(=Nc1ccc(Cl)c(C)c1)N(Cc1ccccc1)Cc1ccc(C)cc1. The summed E-state index contributed by atoms with van der Waals surface area (Å²) in [4.78, 5) is 7.16. The van der Waals surface area contributed by atoms with Gasteiger partial charge in [-0.1, -0.05) is 71.8 Å². The molecule has 0 radical (unpaired) electrons. The van der Waals surface area contributed by atoms with Crippen LogP contribution in [0.2, 0.25) is 5.02 Å². The number of amidine groups is 1. The van der Waals surface area contributed by atoms with E-state index < -0.39 is 0 Å². The molecule has 0 aromatic heterocycles. The van der Waals surface area contributed by atoms with Gasteiger partial charge in [-0.15, -0.1) is 0 Å². The van der Waals surface area contributed by atoms with Gasteiger partial charge in [0.05, 0.1) is 5.69 Å². The second kappa shape index (κ2) is 8.88. The van der Waals surface area contributed by atoms with Crippen molar-refractivity contribution < 1.29 is 0 Å². The van der Waals surface area contributed by atoms with E-state index in [1.807, 2.05) is 31.2 Å². The van der Waals surface area contributed by atoms with E-state index in [2.05, 4.69) is 67.3 Å². The van der Waals surface area contributed by atoms with Crippen molar-refractivity contribution in [3.8, 4) is 0 Å². The molecule has 27 heavy (non-hydrogen) atoms. The van der Waals surface area contributed by atoms with Gasteiger partial charge in [-0.25, -0.2) is 4.99 Å². The predicted molar refractivity (Wildman–Crippen MR) is 116 cm³/mol. The topological polar surface area (TPSA) is 15.6 Å². The van der Waals surface area contributed by atoms with Gasteiger partial charge in [-0.3, -0.25) is 0 Å². The van der Waals surface area contributed by atoms with E-state index in [1.165, 1.54) is 16.7 Å². The van der Waals surface area contributed by atoms with Crippen LogP contribution in [0, 0.1) is 13.8 Å². The summed E-state index contributed by atoms with van der Waals surface area (Å²) in [5.41, 5.74) is 5.79. The van der Waals surface area contributed by atoms with Crippen LogP contribution in [-0.4, -0.2) is 10.7 Å². The van der Waals surface area contributed by atoms with Crippen molar-refractivity contribution in [2.75, 3.05) is 0 Å². The van der Waals surface area contributed by atoms with Gasteiger partial charge >= 0.3 is 0 Å². The molecule has 0 heterocycles. The lowest BCUT2D eigenvalue weighted by molar-refractivity contribution is 0.404. The average molecular weight is 377 g/mol. The molecule has 0 fully saturated rings. The molecule has 0 bridgehead atoms. The zero-order chi connectivity index (χ0) is 19.2. The Bertz CT molecular complexity index is 915. The van der Waals surface area contributed by atoms with Gasteiger partial charge in [0.2, 0.25) is 0 Å². The zero-order valence-corrected chi connectivity index (χ0v) is 16.9. The van der Waals surface area contributed by atoms with E-state index in [4.69, 9.17) is 16.6 Å². The molecule has 0 atom stereocenters. The van der Waals surface area contributed by atoms with Crippen LogP contribution in [0.15, 0.2) is 77.8 Å². The Kier molecular flexibility index (Phi) is 6.31. The van der Waals surface area contributed by atoms with Crippen molar-refractivity contribution in [1.82, 2.24) is 4.90 Å². The summed E-state index contributed by atoms with van der Waals surface area (Å²) in [7, 11) is 0. The van der Waals surface area contributed by atoms with E-state index in [-0.39, 0.29) is 0 Å². The fourth-order valence-corrected chi connectivity index (χ4v) is 3.08. The molecule has 0 aliphatic rings. The van der Waals surface area contributed by atoms with Crippen LogP contribution in [0.25, 0.3) is 0 Å². The van der Waals surface area contributed by atoms with Crippen molar-refractivity contribution in [2.45, 2.75) is 33.9 Å². The predicted octanol–water partition coefficient (Wildman–Crippen LogP) is 6.71. The van der Waals surface area contributed by atoms with E-state index in [9.17, 15) is 0 Å². The number of aliphatic imine (C=N–C) groups is 1. The summed E-state index contributed by atoms with van der Waals surface area (Å²) in [5, 5.41) is 0.771. The third kappa shape index (κ3) is 5.45. The zero-order valence-electron chi connectivity index (χ0n) is 16.1. The lowest BCUT2D eigenvalue weighted by atomic mass is 10.1. The summed E-state index contributed by atoms with van der Waals surface area (Å²) >= 11 is 6.15. The average Bonchev–Trinajstić information content (AvgIpc) is 2.67. The van der Waals surface area contributed by atoms with E-state index >= 15 is 0 Å². The maximum Gasteiger partial charge on any atom is 0.102 e. The highest BCUT2D eigenvalue weighted by Crippen LogP contribution is 2.22. The Balaban J connectivity index is 1.88. The van der Waals surface area contributed by atoms with Crippen molar-refractivity contribution >= 4 is 23.1 Å². The van der Waals surface area contributed by atoms with E-state index in [1.54, 1.807) is 0 Å². The molecule has 3 rings (SSSR count). The Hall–Kier alpha value is -2.58. The van der Waals surface area contributed by atoms with Crippen LogP contribution >= 0.6 is 11.6 Å². The van der Waals surface area contributed by atoms with Gasteiger partial charge in [0.15, 0.2) is 0 Å². The minimum atomic E-state index is 0.771. The molecular formula is C24H25ClN2. The second-order valence-electron chi connectivity index (χ2n) is 6.92. The highest BCUT2D eigenvalue weighted by Gasteiger charge is 2.10. The largest absolute Gasteiger partial charge is 0.352 e. The van der Waals surface area contributed by atoms with Gasteiger partial charge in [-0.2, -0.15) is 0 Å². The summed E-state index contributed by atoms with van der Waals surface area (Å²) in [6, 6.07) is 25.1. The van der Waals surface area contributed by atoms with Gasteiger partial charge in [-0.05, 0) is 55.7 Å². The molecule has 2 nitrogen and oxygen atoms in total. The Morgan fingerprint density at radius 2 is 1.48 bits per heavy atom. The molecule has 138 valence electrons. The Labute approximate surface area is 167 Å². The van der Waals surface area contributed by atoms with Crippen molar-refractivity contribution in [3.63, 3.8) is 0 Å². The summed E-state index contributed by atoms with van der Waals surface area (Å²) in [6.45, 7) is 7.82. The molecule has 0 aliphatic carbocycles. The number of hydrogen-bond acceptors (Lipinski definition) is 1. The van der Waals surface area contributed by atoms with Gasteiger partial charge in [0, 0.05) is 18.1 Å². The molecule has 0 aliphatic heterocycles. The van der Waals surface area contributed by atoms with Crippen LogP contribution in [0.3, 0.4) is 0 Å². The van der Waals surface area contributed by atoms with Gasteiger partial charge in [0.25, 0.3) is 0 Å². The van der Waals surface area contributed by atoms with Crippen LogP contribution in [0.5, 0.6) is 0 Å². The molecule has 0 amide bonds. The highest BCUT2D eigenvalue weighted by atomic mass is 35.5. The molecule has 0 N–H and O–H groups in total. The summed E-state index contributed by atoms with van der Waals surface area (Å²) in [5.74, 6) is 0.987. The normalized spacial score (nSPS) is 11.5. The Morgan fingerprint density at radius 1 is 0.852 bits per heavy atom. The maximum atomic E-state index is 6.15. The van der Waals surface area contributed by atoms with Gasteiger partial charge in [0.1, 0.15) is 5.84 Å². The number of rotatable bonds is 5. The van der Waals surface area contributed by atoms with Crippen LogP contribution in [-0.2, 0) is 13.1 Å². The van der Waals surface area contributed by atoms with Crippen molar-refractivity contribution in [1.29, 1.82) is 0 Å². The maximum absolute atomic E-state index is 6.15. The van der Waals surface area contributed by atoms with Gasteiger partial charge < -0.3 is 4.90 Å². The Morgan fingerprint density at radius 3 is 2.11 bits per heavy atom.